The second kappa shape index (κ2) is 9.14. The van der Waals surface area contributed by atoms with E-state index in [-0.39, 0.29) is 11.9 Å². The number of pyridine rings is 2. The monoisotopic (exact) mass is 391 g/mol. The third kappa shape index (κ3) is 4.87. The molecule has 3 aromatic rings. The number of fused-ring (bicyclic) bond motifs is 1. The van der Waals surface area contributed by atoms with E-state index in [1.54, 1.807) is 19.4 Å². The molecule has 0 bridgehead atoms. The van der Waals surface area contributed by atoms with Gasteiger partial charge in [0.1, 0.15) is 5.82 Å². The van der Waals surface area contributed by atoms with Crippen LogP contribution in [0.25, 0.3) is 21.9 Å². The molecule has 7 nitrogen and oxygen atoms in total. The van der Waals surface area contributed by atoms with Crippen LogP contribution in [0, 0.1) is 6.92 Å². The molecule has 0 saturated carbocycles. The Bertz CT molecular complexity index is 1050. The summed E-state index contributed by atoms with van der Waals surface area (Å²) in [6.07, 6.45) is 4.51. The van der Waals surface area contributed by atoms with E-state index in [9.17, 15) is 9.59 Å². The van der Waals surface area contributed by atoms with Gasteiger partial charge in [0, 0.05) is 43.5 Å². The lowest BCUT2D eigenvalue weighted by atomic mass is 9.96. The highest BCUT2D eigenvalue weighted by atomic mass is 16.2. The van der Waals surface area contributed by atoms with Gasteiger partial charge in [0.2, 0.25) is 5.91 Å². The minimum Gasteiger partial charge on any atom is -0.359 e. The molecule has 0 aliphatic heterocycles. The van der Waals surface area contributed by atoms with Crippen LogP contribution in [0.2, 0.25) is 0 Å². The third-order valence-corrected chi connectivity index (χ3v) is 4.71. The van der Waals surface area contributed by atoms with Gasteiger partial charge in [-0.1, -0.05) is 12.1 Å². The van der Waals surface area contributed by atoms with Crippen molar-refractivity contribution in [3.63, 3.8) is 0 Å². The van der Waals surface area contributed by atoms with Crippen LogP contribution in [0.15, 0.2) is 42.7 Å². The molecule has 0 aliphatic rings. The summed E-state index contributed by atoms with van der Waals surface area (Å²) in [5.41, 5.74) is 3.99. The lowest BCUT2D eigenvalue weighted by Gasteiger charge is -2.12. The first-order valence-corrected chi connectivity index (χ1v) is 9.62. The Balaban J connectivity index is 1.99. The molecule has 3 amide bonds. The largest absolute Gasteiger partial charge is 0.359 e. The number of anilines is 1. The smallest absolute Gasteiger partial charge is 0.320 e. The number of urea groups is 1. The second-order valence-electron chi connectivity index (χ2n) is 6.74. The molecular formula is C22H25N5O2. The van der Waals surface area contributed by atoms with Crippen LogP contribution < -0.4 is 16.0 Å². The average Bonchev–Trinajstić information content (AvgIpc) is 2.72. The van der Waals surface area contributed by atoms with Crippen LogP contribution in [0.3, 0.4) is 0 Å². The molecule has 3 rings (SSSR count). The number of hydrogen-bond donors (Lipinski definition) is 3. The summed E-state index contributed by atoms with van der Waals surface area (Å²) in [6.45, 7) is 4.44. The van der Waals surface area contributed by atoms with Gasteiger partial charge >= 0.3 is 6.03 Å². The highest BCUT2D eigenvalue weighted by molar-refractivity contribution is 6.00. The van der Waals surface area contributed by atoms with E-state index in [0.717, 1.165) is 33.2 Å². The van der Waals surface area contributed by atoms with Crippen molar-refractivity contribution in [2.75, 3.05) is 18.9 Å². The Morgan fingerprint density at radius 3 is 2.66 bits per heavy atom. The van der Waals surface area contributed by atoms with Crippen molar-refractivity contribution in [1.82, 2.24) is 20.6 Å². The highest BCUT2D eigenvalue weighted by Crippen LogP contribution is 2.32. The first-order chi connectivity index (χ1) is 14.0. The second-order valence-corrected chi connectivity index (χ2v) is 6.74. The van der Waals surface area contributed by atoms with Gasteiger partial charge in [-0.3, -0.25) is 15.1 Å². The Morgan fingerprint density at radius 2 is 1.90 bits per heavy atom. The number of benzene rings is 1. The Kier molecular flexibility index (Phi) is 6.39. The van der Waals surface area contributed by atoms with Crippen LogP contribution in [0.1, 0.15) is 24.6 Å². The molecule has 29 heavy (non-hydrogen) atoms. The summed E-state index contributed by atoms with van der Waals surface area (Å²) in [5.74, 6) is 0.481. The Morgan fingerprint density at radius 1 is 1.07 bits per heavy atom. The number of aryl methyl sites for hydroxylation is 2. The molecule has 7 heteroatoms. The topological polar surface area (TPSA) is 96.0 Å². The third-order valence-electron chi connectivity index (χ3n) is 4.71. The summed E-state index contributed by atoms with van der Waals surface area (Å²) in [4.78, 5) is 32.2. The molecule has 0 fully saturated rings. The van der Waals surface area contributed by atoms with Crippen molar-refractivity contribution >= 4 is 28.5 Å². The fourth-order valence-electron chi connectivity index (χ4n) is 3.17. The zero-order valence-corrected chi connectivity index (χ0v) is 16.9. The van der Waals surface area contributed by atoms with E-state index in [0.29, 0.717) is 25.2 Å². The van der Waals surface area contributed by atoms with Crippen LogP contribution in [-0.2, 0) is 11.2 Å². The molecule has 2 aromatic heterocycles. The normalized spacial score (nSPS) is 10.6. The number of carbonyl (C=O) groups is 2. The minimum absolute atomic E-state index is 0.00913. The van der Waals surface area contributed by atoms with E-state index in [1.165, 1.54) is 0 Å². The van der Waals surface area contributed by atoms with Crippen LogP contribution >= 0.6 is 0 Å². The Hall–Kier alpha value is -3.48. The molecule has 0 aliphatic carbocycles. The summed E-state index contributed by atoms with van der Waals surface area (Å²) in [6, 6.07) is 9.67. The molecule has 150 valence electrons. The fraction of sp³-hybridized carbons (Fsp3) is 0.273. The quantitative estimate of drug-likeness (QED) is 0.600. The number of nitrogens with one attached hydrogen (secondary N) is 3. The molecule has 0 saturated heterocycles. The average molecular weight is 391 g/mol. The van der Waals surface area contributed by atoms with Gasteiger partial charge in [-0.2, -0.15) is 0 Å². The molecule has 0 spiro atoms. The maximum absolute atomic E-state index is 11.9. The van der Waals surface area contributed by atoms with Crippen LogP contribution in [0.5, 0.6) is 0 Å². The lowest BCUT2D eigenvalue weighted by molar-refractivity contribution is -0.120. The maximum atomic E-state index is 11.9. The fourth-order valence-corrected chi connectivity index (χ4v) is 3.17. The van der Waals surface area contributed by atoms with E-state index in [4.69, 9.17) is 0 Å². The number of nitrogens with zero attached hydrogens (tertiary/aromatic N) is 2. The molecule has 0 atom stereocenters. The van der Waals surface area contributed by atoms with Crippen LogP contribution in [-0.4, -0.2) is 35.5 Å². The van der Waals surface area contributed by atoms with E-state index < -0.39 is 0 Å². The van der Waals surface area contributed by atoms with Crippen molar-refractivity contribution in [2.24, 2.45) is 0 Å². The van der Waals surface area contributed by atoms with E-state index in [1.807, 2.05) is 32.0 Å². The number of amides is 3. The molecule has 2 heterocycles. The minimum atomic E-state index is -0.283. The molecule has 0 radical (unpaired) electrons. The van der Waals surface area contributed by atoms with Crippen molar-refractivity contribution in [2.45, 2.75) is 26.7 Å². The summed E-state index contributed by atoms with van der Waals surface area (Å²) < 4.78 is 0. The molecule has 0 unspecified atom stereocenters. The highest BCUT2D eigenvalue weighted by Gasteiger charge is 2.11. The van der Waals surface area contributed by atoms with Gasteiger partial charge in [0.15, 0.2) is 0 Å². The first-order valence-electron chi connectivity index (χ1n) is 9.62. The van der Waals surface area contributed by atoms with Gasteiger partial charge in [-0.25, -0.2) is 9.78 Å². The summed E-state index contributed by atoms with van der Waals surface area (Å²) in [5, 5.41) is 10.1. The zero-order chi connectivity index (χ0) is 20.8. The standard InChI is InChI=1S/C22H25N5O2/c1-4-24-22(29)27-20-12-18-17(7-5-14(2)19(18)13-26-20)15-9-10-25-16(11-15)6-8-21(28)23-3/h5,7,9-13H,4,6,8H2,1-3H3,(H,23,28)(H2,24,26,27,29). The number of rotatable bonds is 6. The van der Waals surface area contributed by atoms with E-state index >= 15 is 0 Å². The van der Waals surface area contributed by atoms with Crippen molar-refractivity contribution in [3.8, 4) is 11.1 Å². The molecule has 3 N–H and O–H groups in total. The van der Waals surface area contributed by atoms with Crippen LogP contribution in [0.4, 0.5) is 10.6 Å². The SMILES string of the molecule is CCNC(=O)Nc1cc2c(-c3ccnc(CCC(=O)NC)c3)ccc(C)c2cn1. The molecule has 1 aromatic carbocycles. The lowest BCUT2D eigenvalue weighted by Crippen LogP contribution is -2.28. The van der Waals surface area contributed by atoms with Gasteiger partial charge in [-0.05, 0) is 60.5 Å². The Labute approximate surface area is 170 Å². The van der Waals surface area contributed by atoms with Gasteiger partial charge < -0.3 is 10.6 Å². The zero-order valence-electron chi connectivity index (χ0n) is 16.9. The van der Waals surface area contributed by atoms with Crippen molar-refractivity contribution in [1.29, 1.82) is 0 Å². The summed E-state index contributed by atoms with van der Waals surface area (Å²) in [7, 11) is 1.63. The van der Waals surface area contributed by atoms with E-state index in [2.05, 4.69) is 38.1 Å². The number of carbonyl (C=O) groups excluding carboxylic acids is 2. The predicted molar refractivity (Wildman–Crippen MR) is 115 cm³/mol. The molecular weight excluding hydrogens is 366 g/mol. The number of hydrogen-bond acceptors (Lipinski definition) is 4. The van der Waals surface area contributed by atoms with Gasteiger partial charge in [-0.15, -0.1) is 0 Å². The number of aromatic nitrogens is 2. The maximum Gasteiger partial charge on any atom is 0.320 e. The van der Waals surface area contributed by atoms with Gasteiger partial charge in [0.25, 0.3) is 0 Å². The summed E-state index contributed by atoms with van der Waals surface area (Å²) >= 11 is 0. The first kappa shape index (κ1) is 20.3. The van der Waals surface area contributed by atoms with Crippen molar-refractivity contribution < 1.29 is 9.59 Å². The predicted octanol–water partition coefficient (Wildman–Crippen LogP) is 3.43. The van der Waals surface area contributed by atoms with Crippen molar-refractivity contribution in [3.05, 3.63) is 54.0 Å². The van der Waals surface area contributed by atoms with Gasteiger partial charge in [0.05, 0.1) is 0 Å².